The van der Waals surface area contributed by atoms with Crippen LogP contribution in [0.3, 0.4) is 0 Å². The Hall–Kier alpha value is -0.570. The molecule has 1 aromatic rings. The second-order valence-electron chi connectivity index (χ2n) is 5.09. The fourth-order valence-corrected chi connectivity index (χ4v) is 2.01. The summed E-state index contributed by atoms with van der Waals surface area (Å²) in [6.45, 7) is 9.94. The lowest BCUT2D eigenvalue weighted by molar-refractivity contribution is 0.497. The molecule has 15 heavy (non-hydrogen) atoms. The van der Waals surface area contributed by atoms with E-state index < -0.39 is 0 Å². The highest BCUT2D eigenvalue weighted by Gasteiger charge is 2.18. The minimum atomic E-state index is 0.166. The largest absolute Gasteiger partial charge is 0.337 e. The predicted molar refractivity (Wildman–Crippen MR) is 67.8 cm³/mol. The van der Waals surface area contributed by atoms with E-state index in [1.807, 2.05) is 6.20 Å². The van der Waals surface area contributed by atoms with Crippen molar-refractivity contribution in [1.82, 2.24) is 9.55 Å². The maximum atomic E-state index is 5.30. The van der Waals surface area contributed by atoms with Crippen LogP contribution in [0.15, 0.2) is 6.20 Å². The molecule has 0 bridgehead atoms. The molecule has 0 amide bonds. The van der Waals surface area contributed by atoms with E-state index in [0.717, 1.165) is 11.3 Å². The highest BCUT2D eigenvalue weighted by molar-refractivity contribution is 7.71. The fourth-order valence-electron chi connectivity index (χ4n) is 1.76. The second-order valence-corrected chi connectivity index (χ2v) is 5.47. The molecular weight excluding hydrogens is 204 g/mol. The second kappa shape index (κ2) is 4.97. The summed E-state index contributed by atoms with van der Waals surface area (Å²) in [6.07, 6.45) is 5.79. The van der Waals surface area contributed by atoms with Crippen LogP contribution in [-0.4, -0.2) is 9.55 Å². The lowest BCUT2D eigenvalue weighted by Crippen LogP contribution is -2.17. The summed E-state index contributed by atoms with van der Waals surface area (Å²) in [5, 5.41) is 0. The van der Waals surface area contributed by atoms with Crippen LogP contribution in [0.25, 0.3) is 0 Å². The first-order valence-corrected chi connectivity index (χ1v) is 6.16. The van der Waals surface area contributed by atoms with Crippen LogP contribution in [0.5, 0.6) is 0 Å². The van der Waals surface area contributed by atoms with E-state index in [4.69, 9.17) is 12.2 Å². The van der Waals surface area contributed by atoms with E-state index in [1.54, 1.807) is 0 Å². The molecule has 1 heterocycles. The summed E-state index contributed by atoms with van der Waals surface area (Å²) < 4.78 is 3.10. The molecule has 0 aliphatic heterocycles. The molecule has 0 saturated carbocycles. The van der Waals surface area contributed by atoms with E-state index >= 15 is 0 Å². The molecule has 0 atom stereocenters. The highest BCUT2D eigenvalue weighted by atomic mass is 32.1. The van der Waals surface area contributed by atoms with Gasteiger partial charge >= 0.3 is 0 Å². The first-order valence-electron chi connectivity index (χ1n) is 5.75. The average Bonchev–Trinajstić information content (AvgIpc) is 2.48. The number of nitrogens with one attached hydrogen (secondary N) is 1. The van der Waals surface area contributed by atoms with Crippen LogP contribution in [-0.2, 0) is 12.0 Å². The van der Waals surface area contributed by atoms with Gasteiger partial charge in [-0.3, -0.25) is 0 Å². The smallest absolute Gasteiger partial charge is 0.177 e. The van der Waals surface area contributed by atoms with Crippen molar-refractivity contribution in [2.75, 3.05) is 0 Å². The van der Waals surface area contributed by atoms with E-state index in [0.29, 0.717) is 0 Å². The molecule has 0 spiro atoms. The number of H-pyrrole nitrogens is 1. The molecule has 0 aliphatic rings. The minimum absolute atomic E-state index is 0.166. The molecule has 0 aliphatic carbocycles. The Kier molecular flexibility index (Phi) is 4.14. The SMILES string of the molecule is CCCCCn1c(C(C)(C)C)c[nH]c1=S. The Morgan fingerprint density at radius 3 is 2.53 bits per heavy atom. The van der Waals surface area contributed by atoms with Gasteiger partial charge in [-0.25, -0.2) is 0 Å². The number of nitrogens with zero attached hydrogens (tertiary/aromatic N) is 1. The summed E-state index contributed by atoms with van der Waals surface area (Å²) in [4.78, 5) is 3.15. The summed E-state index contributed by atoms with van der Waals surface area (Å²) in [5.41, 5.74) is 1.48. The van der Waals surface area contributed by atoms with Crippen LogP contribution in [0, 0.1) is 4.77 Å². The maximum absolute atomic E-state index is 5.30. The Morgan fingerprint density at radius 1 is 1.33 bits per heavy atom. The van der Waals surface area contributed by atoms with Crippen LogP contribution in [0.1, 0.15) is 52.7 Å². The molecule has 0 unspecified atom stereocenters. The van der Waals surface area contributed by atoms with E-state index in [2.05, 4.69) is 37.2 Å². The number of rotatable bonds is 4. The van der Waals surface area contributed by atoms with Crippen molar-refractivity contribution in [3.05, 3.63) is 16.7 Å². The first-order chi connectivity index (χ1) is 6.96. The third kappa shape index (κ3) is 3.20. The lowest BCUT2D eigenvalue weighted by atomic mass is 9.92. The Balaban J connectivity index is 2.85. The number of aromatic amines is 1. The minimum Gasteiger partial charge on any atom is -0.337 e. The molecule has 1 N–H and O–H groups in total. The molecule has 0 fully saturated rings. The first kappa shape index (κ1) is 12.5. The standard InChI is InChI=1S/C12H22N2S/c1-5-6-7-8-14-10(12(2,3)4)9-13-11(14)15/h9H,5-8H2,1-4H3,(H,13,15). The van der Waals surface area contributed by atoms with E-state index in [-0.39, 0.29) is 5.41 Å². The maximum Gasteiger partial charge on any atom is 0.177 e. The Bertz CT molecular complexity index is 354. The van der Waals surface area contributed by atoms with Gasteiger partial charge in [0.25, 0.3) is 0 Å². The monoisotopic (exact) mass is 226 g/mol. The summed E-state index contributed by atoms with van der Waals surface area (Å²) >= 11 is 5.30. The number of unbranched alkanes of at least 4 members (excludes halogenated alkanes) is 2. The summed E-state index contributed by atoms with van der Waals surface area (Å²) in [6, 6.07) is 0. The Morgan fingerprint density at radius 2 is 2.00 bits per heavy atom. The van der Waals surface area contributed by atoms with Crippen LogP contribution >= 0.6 is 12.2 Å². The topological polar surface area (TPSA) is 20.7 Å². The van der Waals surface area contributed by atoms with Crippen molar-refractivity contribution in [3.8, 4) is 0 Å². The number of hydrogen-bond donors (Lipinski definition) is 1. The molecule has 0 saturated heterocycles. The van der Waals surface area contributed by atoms with Gasteiger partial charge in [0.05, 0.1) is 0 Å². The normalized spacial score (nSPS) is 12.0. The van der Waals surface area contributed by atoms with Crippen molar-refractivity contribution >= 4 is 12.2 Å². The summed E-state index contributed by atoms with van der Waals surface area (Å²) in [7, 11) is 0. The van der Waals surface area contributed by atoms with Gasteiger partial charge < -0.3 is 9.55 Å². The van der Waals surface area contributed by atoms with E-state index in [9.17, 15) is 0 Å². The number of aromatic nitrogens is 2. The zero-order valence-corrected chi connectivity index (χ0v) is 11.1. The molecule has 86 valence electrons. The van der Waals surface area contributed by atoms with Gasteiger partial charge in [0.2, 0.25) is 0 Å². The third-order valence-electron chi connectivity index (χ3n) is 2.62. The van der Waals surface area contributed by atoms with Crippen molar-refractivity contribution in [1.29, 1.82) is 0 Å². The zero-order valence-electron chi connectivity index (χ0n) is 10.3. The summed E-state index contributed by atoms with van der Waals surface area (Å²) in [5.74, 6) is 0. The molecule has 1 rings (SSSR count). The number of hydrogen-bond acceptors (Lipinski definition) is 1. The molecule has 1 aromatic heterocycles. The van der Waals surface area contributed by atoms with Crippen molar-refractivity contribution < 1.29 is 0 Å². The quantitative estimate of drug-likeness (QED) is 0.607. The van der Waals surface area contributed by atoms with Gasteiger partial charge in [0, 0.05) is 23.9 Å². The number of imidazole rings is 1. The lowest BCUT2D eigenvalue weighted by Gasteiger charge is -2.20. The fraction of sp³-hybridized carbons (Fsp3) is 0.750. The van der Waals surface area contributed by atoms with Gasteiger partial charge in [0.1, 0.15) is 0 Å². The van der Waals surface area contributed by atoms with Crippen molar-refractivity contribution in [2.45, 2.75) is 58.9 Å². The zero-order chi connectivity index (χ0) is 11.5. The molecular formula is C12H22N2S. The third-order valence-corrected chi connectivity index (χ3v) is 2.96. The van der Waals surface area contributed by atoms with Gasteiger partial charge in [0.15, 0.2) is 4.77 Å². The van der Waals surface area contributed by atoms with Crippen LogP contribution in [0.4, 0.5) is 0 Å². The predicted octanol–water partition coefficient (Wildman–Crippen LogP) is 4.03. The van der Waals surface area contributed by atoms with Gasteiger partial charge in [-0.2, -0.15) is 0 Å². The van der Waals surface area contributed by atoms with Crippen molar-refractivity contribution in [2.24, 2.45) is 0 Å². The average molecular weight is 226 g/mol. The molecule has 3 heteroatoms. The van der Waals surface area contributed by atoms with Crippen LogP contribution in [0.2, 0.25) is 0 Å². The van der Waals surface area contributed by atoms with Gasteiger partial charge in [-0.15, -0.1) is 0 Å². The van der Waals surface area contributed by atoms with Crippen molar-refractivity contribution in [3.63, 3.8) is 0 Å². The molecule has 0 radical (unpaired) electrons. The van der Waals surface area contributed by atoms with Crippen LogP contribution < -0.4 is 0 Å². The molecule has 2 nitrogen and oxygen atoms in total. The Labute approximate surface area is 97.7 Å². The van der Waals surface area contributed by atoms with E-state index in [1.165, 1.54) is 25.0 Å². The highest BCUT2D eigenvalue weighted by Crippen LogP contribution is 2.22. The van der Waals surface area contributed by atoms with Gasteiger partial charge in [-0.1, -0.05) is 40.5 Å². The molecule has 0 aromatic carbocycles. The van der Waals surface area contributed by atoms with Gasteiger partial charge in [-0.05, 0) is 18.6 Å².